The molecule has 3 aromatic heterocycles. The van der Waals surface area contributed by atoms with Gasteiger partial charge in [0.25, 0.3) is 0 Å². The summed E-state index contributed by atoms with van der Waals surface area (Å²) in [6.45, 7) is 0. The van der Waals surface area contributed by atoms with E-state index in [1.807, 2.05) is 0 Å². The third-order valence-corrected chi connectivity index (χ3v) is 13.8. The van der Waals surface area contributed by atoms with Crippen LogP contribution >= 0.6 is 0 Å². The number of hydrogen-bond acceptors (Lipinski definition) is 3. The second kappa shape index (κ2) is 14.0. The molecule has 6 aromatic carbocycles. The first-order chi connectivity index (χ1) is 30.8. The van der Waals surface area contributed by atoms with Gasteiger partial charge in [-0.25, -0.2) is 0 Å². The lowest BCUT2D eigenvalue weighted by Gasteiger charge is -2.34. The summed E-state index contributed by atoms with van der Waals surface area (Å²) in [7, 11) is 0. The average molecular weight is 811 g/mol. The Balaban J connectivity index is 0.00000421. The van der Waals surface area contributed by atoms with E-state index in [1.54, 1.807) is 0 Å². The summed E-state index contributed by atoms with van der Waals surface area (Å²) in [4.78, 5) is 2.38. The number of rotatable bonds is 4. The summed E-state index contributed by atoms with van der Waals surface area (Å²) in [6, 6.07) is 48.4. The molecule has 0 radical (unpaired) electrons. The van der Waals surface area contributed by atoms with Gasteiger partial charge in [-0.15, -0.1) is 0 Å². The van der Waals surface area contributed by atoms with E-state index in [4.69, 9.17) is 0 Å². The van der Waals surface area contributed by atoms with Gasteiger partial charge in [0.1, 0.15) is 23.3 Å². The van der Waals surface area contributed by atoms with Gasteiger partial charge in [-0.1, -0.05) is 135 Å². The molecule has 3 aliphatic carbocycles. The molecule has 1 aliphatic heterocycles. The van der Waals surface area contributed by atoms with E-state index in [9.17, 15) is 10.5 Å². The first kappa shape index (κ1) is 36.8. The minimum absolute atomic E-state index is 0. The maximum Gasteiger partial charge on any atom is 0.104 e. The van der Waals surface area contributed by atoms with Gasteiger partial charge in [0, 0.05) is 44.5 Å². The van der Waals surface area contributed by atoms with E-state index in [1.165, 1.54) is 22.1 Å². The third-order valence-electron chi connectivity index (χ3n) is 13.8. The number of anilines is 2. The third kappa shape index (κ3) is 4.92. The van der Waals surface area contributed by atoms with Crippen LogP contribution < -0.4 is 4.90 Å². The number of para-hydroxylation sites is 5. The number of nitrogens with zero attached hydrogens (tertiary/aromatic N) is 6. The number of benzene rings is 6. The lowest BCUT2D eigenvalue weighted by Crippen LogP contribution is -2.31. The Morgan fingerprint density at radius 1 is 0.476 bits per heavy atom. The fraction of sp³-hybridized carbons (Fsp3) is 0.123. The highest BCUT2D eigenvalue weighted by Crippen LogP contribution is 2.55. The van der Waals surface area contributed by atoms with Crippen molar-refractivity contribution in [2.24, 2.45) is 0 Å². The molecule has 63 heavy (non-hydrogen) atoms. The molecule has 4 aliphatic rings. The quantitative estimate of drug-likeness (QED) is 0.178. The van der Waals surface area contributed by atoms with Crippen molar-refractivity contribution in [3.8, 4) is 29.2 Å². The minimum Gasteiger partial charge on any atom is -0.330 e. The molecular formula is C57H42N6. The number of fused-ring (bicyclic) bond motifs is 12. The van der Waals surface area contributed by atoms with E-state index in [0.29, 0.717) is 28.2 Å². The molecule has 6 nitrogen and oxygen atoms in total. The smallest absolute Gasteiger partial charge is 0.104 e. The molecule has 4 heterocycles. The Hall–Kier alpha value is -8.06. The summed E-state index contributed by atoms with van der Waals surface area (Å²) in [5.41, 5.74) is 14.7. The van der Waals surface area contributed by atoms with Crippen molar-refractivity contribution in [2.45, 2.75) is 45.1 Å². The molecular weight excluding hydrogens is 769 g/mol. The number of hydrogen-bond donors (Lipinski definition) is 0. The largest absolute Gasteiger partial charge is 0.330 e. The van der Waals surface area contributed by atoms with Gasteiger partial charge in [0.05, 0.1) is 50.9 Å². The van der Waals surface area contributed by atoms with Gasteiger partial charge in [0.15, 0.2) is 0 Å². The van der Waals surface area contributed by atoms with E-state index in [2.05, 4.69) is 201 Å². The Morgan fingerprint density at radius 2 is 0.921 bits per heavy atom. The van der Waals surface area contributed by atoms with Gasteiger partial charge < -0.3 is 18.6 Å². The van der Waals surface area contributed by atoms with Crippen LogP contribution in [-0.4, -0.2) is 19.7 Å². The van der Waals surface area contributed by atoms with Crippen molar-refractivity contribution in [3.05, 3.63) is 197 Å². The van der Waals surface area contributed by atoms with Crippen LogP contribution in [-0.2, 0) is 12.8 Å². The van der Waals surface area contributed by atoms with Crippen LogP contribution in [0.15, 0.2) is 158 Å². The fourth-order valence-electron chi connectivity index (χ4n) is 11.4. The summed E-state index contributed by atoms with van der Waals surface area (Å²) in [6.07, 6.45) is 21.4. The highest BCUT2D eigenvalue weighted by atomic mass is 15.2. The molecule has 0 fully saturated rings. The zero-order chi connectivity index (χ0) is 41.1. The molecule has 9 aromatic rings. The predicted molar refractivity (Wildman–Crippen MR) is 259 cm³/mol. The van der Waals surface area contributed by atoms with Crippen molar-refractivity contribution in [1.82, 2.24) is 13.7 Å². The highest BCUT2D eigenvalue weighted by molar-refractivity contribution is 6.11. The number of nitriles is 2. The summed E-state index contributed by atoms with van der Waals surface area (Å²) in [5, 5.41) is 29.1. The second-order valence-corrected chi connectivity index (χ2v) is 16.8. The van der Waals surface area contributed by atoms with Crippen LogP contribution in [0.1, 0.15) is 65.4 Å². The van der Waals surface area contributed by atoms with E-state index in [0.717, 1.165) is 86.7 Å². The predicted octanol–water partition coefficient (Wildman–Crippen LogP) is 13.7. The molecule has 300 valence electrons. The Kier molecular flexibility index (Phi) is 8.17. The Morgan fingerprint density at radius 3 is 1.49 bits per heavy atom. The summed E-state index contributed by atoms with van der Waals surface area (Å²) >= 11 is 0. The standard InChI is InChI=1S/C56H38N6.CH4/c57-33-43-53(59-45-25-9-1-17-35(45)36-18-2-10-26-46(36)59)54(60-47-27-11-3-19-37(47)38-20-4-12-28-48(38)60)44(34-58)56(62-51-31-15-7-23-41(51)42-24-8-16-32-52(42)62)55(43)61-49-29-13-5-21-39(49)40-22-6-14-30-50(40)61;/h1-3,5,7-19,21,23-32,35,45H,4,6,20,22H2;1H4. The normalized spacial score (nSPS) is 16.8. The van der Waals surface area contributed by atoms with Crippen molar-refractivity contribution in [2.75, 3.05) is 4.90 Å². The second-order valence-electron chi connectivity index (χ2n) is 16.8. The molecule has 0 spiro atoms. The van der Waals surface area contributed by atoms with Crippen LogP contribution in [0, 0.1) is 22.7 Å². The Bertz CT molecular complexity index is 3590. The SMILES string of the molecule is C.N#Cc1c(N2c3ccccc3C3C=CC=CC32)c(-n2c3c(c4ccccc42)CCC=C3)c(C#N)c(-n2c3ccccc3c3ccccc32)c1-n1c2c(c3ccccc31)CCC=C2. The lowest BCUT2D eigenvalue weighted by molar-refractivity contribution is 0.741. The number of aryl methyl sites for hydroxylation is 2. The van der Waals surface area contributed by atoms with Gasteiger partial charge >= 0.3 is 0 Å². The zero-order valence-corrected chi connectivity index (χ0v) is 33.8. The fourth-order valence-corrected chi connectivity index (χ4v) is 11.4. The molecule has 13 rings (SSSR count). The van der Waals surface area contributed by atoms with Crippen LogP contribution in [0.4, 0.5) is 11.4 Å². The van der Waals surface area contributed by atoms with Crippen molar-refractivity contribution < 1.29 is 0 Å². The maximum atomic E-state index is 12.3. The van der Waals surface area contributed by atoms with Gasteiger partial charge in [-0.05, 0) is 84.9 Å². The van der Waals surface area contributed by atoms with Crippen molar-refractivity contribution in [1.29, 1.82) is 10.5 Å². The topological polar surface area (TPSA) is 65.6 Å². The van der Waals surface area contributed by atoms with E-state index < -0.39 is 0 Å². The molecule has 0 bridgehead atoms. The molecule has 0 amide bonds. The van der Waals surface area contributed by atoms with Crippen molar-refractivity contribution in [3.63, 3.8) is 0 Å². The number of allylic oxidation sites excluding steroid dienone is 4. The average Bonchev–Trinajstić information content (AvgIpc) is 4.06. The van der Waals surface area contributed by atoms with Crippen molar-refractivity contribution >= 4 is 67.1 Å². The Labute approximate surface area is 366 Å². The van der Waals surface area contributed by atoms with E-state index >= 15 is 0 Å². The molecule has 2 unspecified atom stereocenters. The monoisotopic (exact) mass is 810 g/mol. The molecule has 0 N–H and O–H groups in total. The molecule has 6 heteroatoms. The van der Waals surface area contributed by atoms with Gasteiger partial charge in [-0.2, -0.15) is 10.5 Å². The van der Waals surface area contributed by atoms with Gasteiger partial charge in [-0.3, -0.25) is 0 Å². The molecule has 0 saturated heterocycles. The highest BCUT2D eigenvalue weighted by Gasteiger charge is 2.43. The van der Waals surface area contributed by atoms with Crippen LogP contribution in [0.25, 0.3) is 72.8 Å². The van der Waals surface area contributed by atoms with E-state index in [-0.39, 0.29) is 19.4 Å². The van der Waals surface area contributed by atoms with Crippen LogP contribution in [0.3, 0.4) is 0 Å². The minimum atomic E-state index is -0.134. The molecule has 2 atom stereocenters. The first-order valence-electron chi connectivity index (χ1n) is 21.6. The first-order valence-corrected chi connectivity index (χ1v) is 21.6. The van der Waals surface area contributed by atoms with Crippen LogP contribution in [0.5, 0.6) is 0 Å². The molecule has 0 saturated carbocycles. The van der Waals surface area contributed by atoms with Crippen LogP contribution in [0.2, 0.25) is 0 Å². The lowest BCUT2D eigenvalue weighted by atomic mass is 9.91. The maximum absolute atomic E-state index is 12.3. The van der Waals surface area contributed by atoms with Gasteiger partial charge in [0.2, 0.25) is 0 Å². The number of aromatic nitrogens is 3. The summed E-state index contributed by atoms with van der Waals surface area (Å²) < 4.78 is 6.90. The zero-order valence-electron chi connectivity index (χ0n) is 33.8. The summed E-state index contributed by atoms with van der Waals surface area (Å²) in [5.74, 6) is 0.0555.